The molecule has 0 saturated carbocycles. The summed E-state index contributed by atoms with van der Waals surface area (Å²) in [5.74, 6) is 1.10. The van der Waals surface area contributed by atoms with Gasteiger partial charge < -0.3 is 18.9 Å². The SMILES string of the molecule is C=CCOc1cccc(/C=c2\sc3n(c2=O)[C@H](c2ccc(OC)c(OC)c2)C(C(=O)OCC)=C(c2ccccc2)N=3)c1. The summed E-state index contributed by atoms with van der Waals surface area (Å²) in [5, 5.41) is 0. The first kappa shape index (κ1) is 28.6. The number of methoxy groups -OCH3 is 2. The van der Waals surface area contributed by atoms with Gasteiger partial charge in [0.25, 0.3) is 5.56 Å². The monoisotopic (exact) mass is 582 g/mol. The van der Waals surface area contributed by atoms with Crippen molar-refractivity contribution in [2.45, 2.75) is 13.0 Å². The fraction of sp³-hybridized carbons (Fsp3) is 0.182. The van der Waals surface area contributed by atoms with Crippen molar-refractivity contribution in [1.82, 2.24) is 4.57 Å². The van der Waals surface area contributed by atoms with E-state index in [1.165, 1.54) is 18.4 Å². The Bertz CT molecular complexity index is 1840. The molecular formula is C33H30N2O6S. The molecule has 0 saturated heterocycles. The average molecular weight is 583 g/mol. The number of benzene rings is 3. The van der Waals surface area contributed by atoms with Gasteiger partial charge in [-0.3, -0.25) is 9.36 Å². The number of thiazole rings is 1. The maximum atomic E-state index is 14.1. The summed E-state index contributed by atoms with van der Waals surface area (Å²) in [6.45, 7) is 5.97. The van der Waals surface area contributed by atoms with Crippen LogP contribution in [-0.2, 0) is 9.53 Å². The third kappa shape index (κ3) is 5.64. The van der Waals surface area contributed by atoms with Crippen LogP contribution < -0.4 is 29.1 Å². The van der Waals surface area contributed by atoms with Gasteiger partial charge in [0.1, 0.15) is 12.4 Å². The molecule has 0 N–H and O–H groups in total. The number of fused-ring (bicyclic) bond motifs is 1. The Balaban J connectivity index is 1.79. The van der Waals surface area contributed by atoms with Crippen LogP contribution in [0.5, 0.6) is 17.2 Å². The molecule has 2 heterocycles. The molecule has 0 fully saturated rings. The van der Waals surface area contributed by atoms with Crippen molar-refractivity contribution in [2.75, 3.05) is 27.4 Å². The third-order valence-electron chi connectivity index (χ3n) is 6.62. The number of carbonyl (C=O) groups excluding carboxylic acids is 1. The van der Waals surface area contributed by atoms with Crippen molar-refractivity contribution in [3.63, 3.8) is 0 Å². The molecular weight excluding hydrogens is 552 g/mol. The highest BCUT2D eigenvalue weighted by molar-refractivity contribution is 7.07. The normalized spacial score (nSPS) is 14.5. The van der Waals surface area contributed by atoms with E-state index in [4.69, 9.17) is 23.9 Å². The summed E-state index contributed by atoms with van der Waals surface area (Å²) in [5.41, 5.74) is 2.58. The summed E-state index contributed by atoms with van der Waals surface area (Å²) in [7, 11) is 3.09. The minimum atomic E-state index is -0.834. The van der Waals surface area contributed by atoms with Crippen molar-refractivity contribution in [3.8, 4) is 17.2 Å². The molecule has 1 aliphatic rings. The zero-order valence-electron chi connectivity index (χ0n) is 23.5. The minimum Gasteiger partial charge on any atom is -0.493 e. The van der Waals surface area contributed by atoms with E-state index in [-0.39, 0.29) is 17.7 Å². The molecule has 5 rings (SSSR count). The molecule has 214 valence electrons. The molecule has 0 spiro atoms. The van der Waals surface area contributed by atoms with E-state index < -0.39 is 12.0 Å². The molecule has 1 aromatic heterocycles. The van der Waals surface area contributed by atoms with Crippen LogP contribution in [0.25, 0.3) is 11.8 Å². The average Bonchev–Trinajstić information content (AvgIpc) is 3.33. The van der Waals surface area contributed by atoms with Crippen molar-refractivity contribution in [2.24, 2.45) is 4.99 Å². The number of carbonyl (C=O) groups is 1. The van der Waals surface area contributed by atoms with E-state index in [0.29, 0.717) is 44.4 Å². The van der Waals surface area contributed by atoms with E-state index in [0.717, 1.165) is 11.1 Å². The maximum Gasteiger partial charge on any atom is 0.338 e. The number of ether oxygens (including phenoxy) is 4. The number of hydrogen-bond donors (Lipinski definition) is 0. The van der Waals surface area contributed by atoms with E-state index in [9.17, 15) is 9.59 Å². The van der Waals surface area contributed by atoms with Gasteiger partial charge in [0.05, 0.1) is 42.7 Å². The lowest BCUT2D eigenvalue weighted by Gasteiger charge is -2.26. The summed E-state index contributed by atoms with van der Waals surface area (Å²) >= 11 is 1.25. The van der Waals surface area contributed by atoms with Gasteiger partial charge in [-0.2, -0.15) is 0 Å². The molecule has 42 heavy (non-hydrogen) atoms. The Morgan fingerprint density at radius 3 is 2.52 bits per heavy atom. The smallest absolute Gasteiger partial charge is 0.338 e. The van der Waals surface area contributed by atoms with E-state index in [1.807, 2.05) is 60.7 Å². The second-order valence-electron chi connectivity index (χ2n) is 9.22. The van der Waals surface area contributed by atoms with Gasteiger partial charge in [0, 0.05) is 5.56 Å². The van der Waals surface area contributed by atoms with Gasteiger partial charge in [-0.25, -0.2) is 9.79 Å². The fourth-order valence-corrected chi connectivity index (χ4v) is 5.78. The Hall–Kier alpha value is -4.89. The first-order chi connectivity index (χ1) is 20.5. The van der Waals surface area contributed by atoms with Crippen LogP contribution in [-0.4, -0.2) is 38.0 Å². The van der Waals surface area contributed by atoms with Gasteiger partial charge in [-0.05, 0) is 48.4 Å². The summed E-state index contributed by atoms with van der Waals surface area (Å²) in [6, 6.07) is 21.4. The zero-order valence-corrected chi connectivity index (χ0v) is 24.4. The van der Waals surface area contributed by atoms with Gasteiger partial charge in [0.2, 0.25) is 0 Å². The zero-order chi connectivity index (χ0) is 29.6. The second kappa shape index (κ2) is 12.7. The van der Waals surface area contributed by atoms with Crippen molar-refractivity contribution in [3.05, 3.63) is 127 Å². The lowest BCUT2D eigenvalue weighted by atomic mass is 9.93. The highest BCUT2D eigenvalue weighted by Crippen LogP contribution is 2.38. The molecule has 3 aromatic carbocycles. The standard InChI is InChI=1S/C33H30N2O6S/c1-5-17-41-24-14-10-11-21(18-24)19-27-31(36)35-30(23-15-16-25(38-3)26(20-23)39-4)28(32(37)40-6-2)29(34-33(35)42-27)22-12-8-7-9-13-22/h5,7-16,18-20,30H,1,6,17H2,2-4H3/b27-19-/t30-/m1/s1. The summed E-state index contributed by atoms with van der Waals surface area (Å²) in [6.07, 6.45) is 3.47. The topological polar surface area (TPSA) is 88.3 Å². The highest BCUT2D eigenvalue weighted by atomic mass is 32.1. The minimum absolute atomic E-state index is 0.164. The lowest BCUT2D eigenvalue weighted by molar-refractivity contribution is -0.138. The molecule has 9 heteroatoms. The lowest BCUT2D eigenvalue weighted by Crippen LogP contribution is -2.40. The highest BCUT2D eigenvalue weighted by Gasteiger charge is 2.35. The number of nitrogens with zero attached hydrogens (tertiary/aromatic N) is 2. The summed E-state index contributed by atoms with van der Waals surface area (Å²) in [4.78, 5) is 33.1. The maximum absolute atomic E-state index is 14.1. The van der Waals surface area contributed by atoms with Crippen molar-refractivity contribution < 1.29 is 23.7 Å². The van der Waals surface area contributed by atoms with Gasteiger partial charge in [-0.15, -0.1) is 0 Å². The summed E-state index contributed by atoms with van der Waals surface area (Å²) < 4.78 is 24.2. The van der Waals surface area contributed by atoms with Gasteiger partial charge >= 0.3 is 5.97 Å². The van der Waals surface area contributed by atoms with Crippen LogP contribution in [0, 0.1) is 0 Å². The molecule has 0 amide bonds. The molecule has 0 unspecified atom stereocenters. The Labute approximate surface area is 247 Å². The first-order valence-corrected chi connectivity index (χ1v) is 14.1. The second-order valence-corrected chi connectivity index (χ2v) is 10.2. The molecule has 1 aliphatic heterocycles. The van der Waals surface area contributed by atoms with Crippen LogP contribution in [0.2, 0.25) is 0 Å². The van der Waals surface area contributed by atoms with Crippen LogP contribution in [0.1, 0.15) is 29.7 Å². The molecule has 8 nitrogen and oxygen atoms in total. The number of aromatic nitrogens is 1. The van der Waals surface area contributed by atoms with Crippen molar-refractivity contribution in [1.29, 1.82) is 0 Å². The van der Waals surface area contributed by atoms with Crippen LogP contribution in [0.3, 0.4) is 0 Å². The fourth-order valence-electron chi connectivity index (χ4n) is 4.78. The van der Waals surface area contributed by atoms with Gasteiger partial charge in [0.15, 0.2) is 16.3 Å². The number of rotatable bonds is 10. The molecule has 0 bridgehead atoms. The number of hydrogen-bond acceptors (Lipinski definition) is 8. The predicted molar refractivity (Wildman–Crippen MR) is 163 cm³/mol. The van der Waals surface area contributed by atoms with E-state index >= 15 is 0 Å². The van der Waals surface area contributed by atoms with Gasteiger partial charge in [-0.1, -0.05) is 72.5 Å². The van der Waals surface area contributed by atoms with Crippen LogP contribution >= 0.6 is 11.3 Å². The van der Waals surface area contributed by atoms with E-state index in [2.05, 4.69) is 6.58 Å². The Morgan fingerprint density at radius 1 is 1.02 bits per heavy atom. The largest absolute Gasteiger partial charge is 0.493 e. The van der Waals surface area contributed by atoms with Crippen LogP contribution in [0.4, 0.5) is 0 Å². The first-order valence-electron chi connectivity index (χ1n) is 13.3. The van der Waals surface area contributed by atoms with Crippen molar-refractivity contribution >= 4 is 29.1 Å². The molecule has 4 aromatic rings. The predicted octanol–water partition coefficient (Wildman–Crippen LogP) is 4.52. The number of esters is 1. The third-order valence-corrected chi connectivity index (χ3v) is 7.60. The molecule has 0 radical (unpaired) electrons. The molecule has 0 aliphatic carbocycles. The molecule has 1 atom stereocenters. The van der Waals surface area contributed by atoms with E-state index in [1.54, 1.807) is 42.9 Å². The Morgan fingerprint density at radius 2 is 1.81 bits per heavy atom. The Kier molecular flexibility index (Phi) is 8.68. The van der Waals surface area contributed by atoms with Crippen LogP contribution in [0.15, 0.2) is 101 Å². The quantitative estimate of drug-likeness (QED) is 0.202.